The van der Waals surface area contributed by atoms with E-state index in [2.05, 4.69) is 15.7 Å². The lowest BCUT2D eigenvalue weighted by atomic mass is 9.96. The molecule has 3 rings (SSSR count). The molecule has 1 fully saturated rings. The number of benzene rings is 1. The van der Waals surface area contributed by atoms with E-state index in [0.29, 0.717) is 12.5 Å². The minimum Gasteiger partial charge on any atom is -0.496 e. The lowest BCUT2D eigenvalue weighted by molar-refractivity contribution is -0.121. The second-order valence-corrected chi connectivity index (χ2v) is 6.37. The molecule has 134 valence electrons. The Labute approximate surface area is 148 Å². The molecule has 0 unspecified atom stereocenters. The van der Waals surface area contributed by atoms with Gasteiger partial charge in [-0.1, -0.05) is 18.2 Å². The average Bonchev–Trinajstić information content (AvgIpc) is 3.11. The molecule has 1 amide bonds. The molecule has 1 aliphatic heterocycles. The standard InChI is InChI=1S/C19H26N4O2/c1-25-18-7-3-2-5-15(18)8-11-21-19(24)14-23-17(9-12-22-23)16-6-4-10-20-13-16/h2-3,5,7,9,12,16,20H,4,6,8,10-11,13-14H2,1H3,(H,21,24)/t16-/m1/s1. The number of carbonyl (C=O) groups excluding carboxylic acids is 1. The number of hydrogen-bond acceptors (Lipinski definition) is 4. The van der Waals surface area contributed by atoms with E-state index in [1.807, 2.05) is 35.0 Å². The van der Waals surface area contributed by atoms with Crippen LogP contribution in [0, 0.1) is 0 Å². The fraction of sp³-hybridized carbons (Fsp3) is 0.474. The van der Waals surface area contributed by atoms with Crippen molar-refractivity contribution in [1.29, 1.82) is 0 Å². The van der Waals surface area contributed by atoms with Gasteiger partial charge in [-0.25, -0.2) is 0 Å². The van der Waals surface area contributed by atoms with E-state index in [9.17, 15) is 4.79 Å². The molecule has 2 aromatic rings. The van der Waals surface area contributed by atoms with Gasteiger partial charge in [0.2, 0.25) is 5.91 Å². The maximum Gasteiger partial charge on any atom is 0.241 e. The van der Waals surface area contributed by atoms with Gasteiger partial charge in [0.05, 0.1) is 7.11 Å². The van der Waals surface area contributed by atoms with E-state index < -0.39 is 0 Å². The van der Waals surface area contributed by atoms with Crippen LogP contribution in [-0.4, -0.2) is 42.4 Å². The Morgan fingerprint density at radius 3 is 3.08 bits per heavy atom. The van der Waals surface area contributed by atoms with Crippen molar-refractivity contribution in [2.45, 2.75) is 31.7 Å². The number of hydrogen-bond donors (Lipinski definition) is 2. The molecule has 1 aromatic heterocycles. The predicted octanol–water partition coefficient (Wildman–Crippen LogP) is 1.72. The summed E-state index contributed by atoms with van der Waals surface area (Å²) in [5.74, 6) is 1.29. The Morgan fingerprint density at radius 2 is 2.28 bits per heavy atom. The minimum atomic E-state index is -0.0105. The normalized spacial score (nSPS) is 17.2. The smallest absolute Gasteiger partial charge is 0.241 e. The Hall–Kier alpha value is -2.34. The van der Waals surface area contributed by atoms with E-state index >= 15 is 0 Å². The van der Waals surface area contributed by atoms with Crippen molar-refractivity contribution < 1.29 is 9.53 Å². The lowest BCUT2D eigenvalue weighted by Gasteiger charge is -2.23. The number of carbonyl (C=O) groups is 1. The Balaban J connectivity index is 1.51. The Kier molecular flexibility index (Phi) is 6.06. The zero-order valence-corrected chi connectivity index (χ0v) is 14.7. The Bertz CT molecular complexity index is 692. The number of nitrogens with zero attached hydrogens (tertiary/aromatic N) is 2. The first-order valence-electron chi connectivity index (χ1n) is 8.89. The molecule has 6 nitrogen and oxygen atoms in total. The maximum absolute atomic E-state index is 12.3. The highest BCUT2D eigenvalue weighted by molar-refractivity contribution is 5.75. The molecule has 25 heavy (non-hydrogen) atoms. The van der Waals surface area contributed by atoms with Crippen LogP contribution in [0.1, 0.15) is 30.0 Å². The first-order valence-corrected chi connectivity index (χ1v) is 8.89. The molecule has 0 aliphatic carbocycles. The number of piperidine rings is 1. The van der Waals surface area contributed by atoms with E-state index in [0.717, 1.165) is 42.9 Å². The third-order valence-corrected chi connectivity index (χ3v) is 4.67. The molecule has 6 heteroatoms. The number of amides is 1. The first kappa shape index (κ1) is 17.5. The second kappa shape index (κ2) is 8.67. The van der Waals surface area contributed by atoms with Gasteiger partial charge in [0, 0.05) is 30.9 Å². The van der Waals surface area contributed by atoms with Gasteiger partial charge < -0.3 is 15.4 Å². The third-order valence-electron chi connectivity index (χ3n) is 4.67. The van der Waals surface area contributed by atoms with Crippen LogP contribution >= 0.6 is 0 Å². The van der Waals surface area contributed by atoms with Crippen molar-refractivity contribution in [3.05, 3.63) is 47.8 Å². The molecule has 0 saturated carbocycles. The number of nitrogens with one attached hydrogen (secondary N) is 2. The number of ether oxygens (including phenoxy) is 1. The fourth-order valence-corrected chi connectivity index (χ4v) is 3.36. The molecule has 0 bridgehead atoms. The summed E-state index contributed by atoms with van der Waals surface area (Å²) in [4.78, 5) is 12.3. The fourth-order valence-electron chi connectivity index (χ4n) is 3.36. The van der Waals surface area contributed by atoms with Crippen LogP contribution in [0.15, 0.2) is 36.5 Å². The van der Waals surface area contributed by atoms with Crippen molar-refractivity contribution in [2.75, 3.05) is 26.7 Å². The van der Waals surface area contributed by atoms with Gasteiger partial charge in [-0.3, -0.25) is 9.48 Å². The summed E-state index contributed by atoms with van der Waals surface area (Å²) >= 11 is 0. The zero-order chi connectivity index (χ0) is 17.5. The summed E-state index contributed by atoms with van der Waals surface area (Å²) < 4.78 is 7.17. The summed E-state index contributed by atoms with van der Waals surface area (Å²) in [6, 6.07) is 9.91. The van der Waals surface area contributed by atoms with Crippen LogP contribution in [0.3, 0.4) is 0 Å². The molecule has 0 radical (unpaired) electrons. The van der Waals surface area contributed by atoms with Gasteiger partial charge in [0.1, 0.15) is 12.3 Å². The molecule has 1 saturated heterocycles. The summed E-state index contributed by atoms with van der Waals surface area (Å²) in [7, 11) is 1.66. The number of aromatic nitrogens is 2. The van der Waals surface area contributed by atoms with Gasteiger partial charge in [-0.05, 0) is 43.5 Å². The topological polar surface area (TPSA) is 68.2 Å². The van der Waals surface area contributed by atoms with Gasteiger partial charge in [0.25, 0.3) is 0 Å². The predicted molar refractivity (Wildman–Crippen MR) is 96.8 cm³/mol. The molecular formula is C19H26N4O2. The van der Waals surface area contributed by atoms with Crippen LogP contribution in [0.2, 0.25) is 0 Å². The third kappa shape index (κ3) is 4.60. The molecule has 2 heterocycles. The summed E-state index contributed by atoms with van der Waals surface area (Å²) in [5.41, 5.74) is 2.24. The number of para-hydroxylation sites is 1. The van der Waals surface area contributed by atoms with E-state index in [-0.39, 0.29) is 12.5 Å². The van der Waals surface area contributed by atoms with Gasteiger partial charge >= 0.3 is 0 Å². The summed E-state index contributed by atoms with van der Waals surface area (Å²) in [5, 5.41) is 10.7. The molecular weight excluding hydrogens is 316 g/mol. The van der Waals surface area contributed by atoms with Crippen LogP contribution in [-0.2, 0) is 17.8 Å². The highest BCUT2D eigenvalue weighted by Gasteiger charge is 2.19. The van der Waals surface area contributed by atoms with Crippen molar-refractivity contribution >= 4 is 5.91 Å². The average molecular weight is 342 g/mol. The summed E-state index contributed by atoms with van der Waals surface area (Å²) in [6.07, 6.45) is 4.84. The highest BCUT2D eigenvalue weighted by Crippen LogP contribution is 2.22. The number of methoxy groups -OCH3 is 1. The van der Waals surface area contributed by atoms with E-state index in [1.165, 1.54) is 6.42 Å². The van der Waals surface area contributed by atoms with Crippen LogP contribution in [0.4, 0.5) is 0 Å². The molecule has 2 N–H and O–H groups in total. The maximum atomic E-state index is 12.3. The van der Waals surface area contributed by atoms with Crippen LogP contribution in [0.25, 0.3) is 0 Å². The highest BCUT2D eigenvalue weighted by atomic mass is 16.5. The molecule has 1 aromatic carbocycles. The molecule has 0 spiro atoms. The van der Waals surface area contributed by atoms with E-state index in [1.54, 1.807) is 13.3 Å². The minimum absolute atomic E-state index is 0.0105. The monoisotopic (exact) mass is 342 g/mol. The van der Waals surface area contributed by atoms with Gasteiger partial charge in [0.15, 0.2) is 0 Å². The zero-order valence-electron chi connectivity index (χ0n) is 14.7. The Morgan fingerprint density at radius 1 is 1.40 bits per heavy atom. The first-order chi connectivity index (χ1) is 12.3. The van der Waals surface area contributed by atoms with Crippen LogP contribution < -0.4 is 15.4 Å². The van der Waals surface area contributed by atoms with Crippen molar-refractivity contribution in [2.24, 2.45) is 0 Å². The van der Waals surface area contributed by atoms with Crippen molar-refractivity contribution in [3.63, 3.8) is 0 Å². The molecule has 1 atom stereocenters. The van der Waals surface area contributed by atoms with Crippen molar-refractivity contribution in [3.8, 4) is 5.75 Å². The van der Waals surface area contributed by atoms with Gasteiger partial charge in [-0.15, -0.1) is 0 Å². The van der Waals surface area contributed by atoms with E-state index in [4.69, 9.17) is 4.74 Å². The number of rotatable bonds is 7. The van der Waals surface area contributed by atoms with Crippen LogP contribution in [0.5, 0.6) is 5.75 Å². The second-order valence-electron chi connectivity index (χ2n) is 6.37. The lowest BCUT2D eigenvalue weighted by Crippen LogP contribution is -2.33. The summed E-state index contributed by atoms with van der Waals surface area (Å²) in [6.45, 7) is 2.89. The SMILES string of the molecule is COc1ccccc1CCNC(=O)Cn1nccc1[C@@H]1CCCNC1. The van der Waals surface area contributed by atoms with Crippen molar-refractivity contribution in [1.82, 2.24) is 20.4 Å². The quantitative estimate of drug-likeness (QED) is 0.804. The molecule has 1 aliphatic rings. The largest absolute Gasteiger partial charge is 0.496 e. The van der Waals surface area contributed by atoms with Gasteiger partial charge in [-0.2, -0.15) is 5.10 Å².